The summed E-state index contributed by atoms with van der Waals surface area (Å²) in [5.41, 5.74) is 3.21. The fourth-order valence-corrected chi connectivity index (χ4v) is 3.85. The molecule has 4 aromatic rings. The number of imidazole rings is 1. The van der Waals surface area contributed by atoms with E-state index in [4.69, 9.17) is 0 Å². The van der Waals surface area contributed by atoms with Crippen molar-refractivity contribution in [3.63, 3.8) is 0 Å². The van der Waals surface area contributed by atoms with Gasteiger partial charge in [0, 0.05) is 22.0 Å². The van der Waals surface area contributed by atoms with Crippen LogP contribution >= 0.6 is 23.1 Å². The van der Waals surface area contributed by atoms with E-state index in [0.717, 1.165) is 27.6 Å². The van der Waals surface area contributed by atoms with Crippen LogP contribution in [0.15, 0.2) is 53.1 Å². The molecule has 0 saturated carbocycles. The number of hydrogen-bond donors (Lipinski definition) is 1. The van der Waals surface area contributed by atoms with E-state index >= 15 is 0 Å². The minimum Gasteiger partial charge on any atom is -0.333 e. The summed E-state index contributed by atoms with van der Waals surface area (Å²) in [4.78, 5) is 12.4. The highest BCUT2D eigenvalue weighted by Crippen LogP contribution is 2.28. The highest BCUT2D eigenvalue weighted by molar-refractivity contribution is 7.98. The van der Waals surface area contributed by atoms with Gasteiger partial charge in [-0.15, -0.1) is 11.3 Å². The molecule has 0 aliphatic heterocycles. The van der Waals surface area contributed by atoms with Crippen molar-refractivity contribution in [2.24, 2.45) is 0 Å². The van der Waals surface area contributed by atoms with Gasteiger partial charge in [-0.2, -0.15) is 0 Å². The highest BCUT2D eigenvalue weighted by atomic mass is 32.2. The van der Waals surface area contributed by atoms with E-state index in [1.807, 2.05) is 30.5 Å². The van der Waals surface area contributed by atoms with E-state index in [1.165, 1.54) is 10.1 Å². The largest absolute Gasteiger partial charge is 0.333 e. The minimum absolute atomic E-state index is 0.827. The van der Waals surface area contributed by atoms with Crippen LogP contribution in [0.25, 0.3) is 21.1 Å². The predicted molar refractivity (Wildman–Crippen MR) is 85.3 cm³/mol. The Labute approximate surface area is 124 Å². The average molecular weight is 297 g/mol. The van der Waals surface area contributed by atoms with Crippen molar-refractivity contribution in [3.8, 4) is 0 Å². The van der Waals surface area contributed by atoms with E-state index in [9.17, 15) is 0 Å². The number of nitrogens with zero attached hydrogens (tertiary/aromatic N) is 2. The topological polar surface area (TPSA) is 41.6 Å². The van der Waals surface area contributed by atoms with E-state index in [2.05, 4.69) is 32.5 Å². The van der Waals surface area contributed by atoms with Gasteiger partial charge in [0.25, 0.3) is 0 Å². The monoisotopic (exact) mass is 297 g/mol. The number of thiophene rings is 1. The highest BCUT2D eigenvalue weighted by Gasteiger charge is 2.07. The van der Waals surface area contributed by atoms with Gasteiger partial charge in [-0.05, 0) is 29.6 Å². The second kappa shape index (κ2) is 4.92. The molecular weight excluding hydrogens is 286 g/mol. The summed E-state index contributed by atoms with van der Waals surface area (Å²) in [7, 11) is 0. The Morgan fingerprint density at radius 1 is 1.15 bits per heavy atom. The Morgan fingerprint density at radius 2 is 2.10 bits per heavy atom. The van der Waals surface area contributed by atoms with Gasteiger partial charge in [0.1, 0.15) is 0 Å². The van der Waals surface area contributed by atoms with Gasteiger partial charge in [0.15, 0.2) is 5.16 Å². The molecule has 0 atom stereocenters. The zero-order valence-electron chi connectivity index (χ0n) is 10.5. The van der Waals surface area contributed by atoms with Gasteiger partial charge in [-0.3, -0.25) is 4.98 Å². The fourth-order valence-electron chi connectivity index (χ4n) is 2.20. The summed E-state index contributed by atoms with van der Waals surface area (Å²) < 4.78 is 1.29. The molecule has 0 saturated heterocycles. The third-order valence-corrected chi connectivity index (χ3v) is 4.94. The number of H-pyrrole nitrogens is 1. The van der Waals surface area contributed by atoms with Crippen LogP contribution in [0.1, 0.15) is 5.69 Å². The Hall–Kier alpha value is -1.85. The Bertz CT molecular complexity index is 846. The summed E-state index contributed by atoms with van der Waals surface area (Å²) in [6.07, 6.45) is 1.88. The average Bonchev–Trinajstić information content (AvgIpc) is 3.11. The first-order valence-electron chi connectivity index (χ1n) is 6.29. The van der Waals surface area contributed by atoms with E-state index in [0.29, 0.717) is 0 Å². The van der Waals surface area contributed by atoms with Crippen molar-refractivity contribution in [2.45, 2.75) is 10.9 Å². The van der Waals surface area contributed by atoms with Crippen molar-refractivity contribution in [2.75, 3.05) is 0 Å². The molecule has 0 amide bonds. The van der Waals surface area contributed by atoms with Crippen molar-refractivity contribution in [1.29, 1.82) is 0 Å². The van der Waals surface area contributed by atoms with Gasteiger partial charge in [0.05, 0.1) is 16.7 Å². The fraction of sp³-hybridized carbons (Fsp3) is 0.0667. The molecule has 0 radical (unpaired) electrons. The number of aromatic nitrogens is 3. The molecule has 1 N–H and O–H groups in total. The van der Waals surface area contributed by atoms with Crippen LogP contribution in [0.2, 0.25) is 0 Å². The number of fused-ring (bicyclic) bond motifs is 2. The zero-order valence-corrected chi connectivity index (χ0v) is 12.2. The van der Waals surface area contributed by atoms with Crippen LogP contribution in [0, 0.1) is 0 Å². The third-order valence-electron chi connectivity index (χ3n) is 3.18. The summed E-state index contributed by atoms with van der Waals surface area (Å²) in [6.45, 7) is 0. The number of thioether (sulfide) groups is 1. The predicted octanol–water partition coefficient (Wildman–Crippen LogP) is 4.46. The number of pyridine rings is 1. The number of nitrogens with one attached hydrogen (secondary N) is 1. The SMILES string of the molecule is c1ccc2[nH]c(SCc3nccc4sccc34)nc2c1. The first-order chi connectivity index (χ1) is 9.90. The second-order valence-corrected chi connectivity index (χ2v) is 6.35. The Morgan fingerprint density at radius 3 is 3.05 bits per heavy atom. The summed E-state index contributed by atoms with van der Waals surface area (Å²) in [6, 6.07) is 12.3. The van der Waals surface area contributed by atoms with Crippen molar-refractivity contribution in [1.82, 2.24) is 15.0 Å². The van der Waals surface area contributed by atoms with Gasteiger partial charge in [-0.1, -0.05) is 23.9 Å². The maximum absolute atomic E-state index is 4.58. The van der Waals surface area contributed by atoms with Crippen LogP contribution in [0.5, 0.6) is 0 Å². The number of para-hydroxylation sites is 2. The summed E-state index contributed by atoms with van der Waals surface area (Å²) in [5.74, 6) is 0.827. The molecule has 0 aliphatic carbocycles. The van der Waals surface area contributed by atoms with E-state index in [1.54, 1.807) is 23.1 Å². The van der Waals surface area contributed by atoms with Gasteiger partial charge in [0.2, 0.25) is 0 Å². The first-order valence-corrected chi connectivity index (χ1v) is 8.15. The lowest BCUT2D eigenvalue weighted by Crippen LogP contribution is -1.87. The maximum atomic E-state index is 4.58. The quantitative estimate of drug-likeness (QED) is 0.567. The molecule has 0 aliphatic rings. The molecule has 3 aromatic heterocycles. The Kier molecular flexibility index (Phi) is 2.94. The van der Waals surface area contributed by atoms with Crippen LogP contribution in [-0.4, -0.2) is 15.0 Å². The van der Waals surface area contributed by atoms with Crippen LogP contribution in [0.4, 0.5) is 0 Å². The normalized spacial score (nSPS) is 11.4. The van der Waals surface area contributed by atoms with Crippen molar-refractivity contribution < 1.29 is 0 Å². The molecule has 0 fully saturated rings. The number of rotatable bonds is 3. The maximum Gasteiger partial charge on any atom is 0.166 e. The minimum atomic E-state index is 0.827. The molecule has 0 spiro atoms. The van der Waals surface area contributed by atoms with Crippen molar-refractivity contribution in [3.05, 3.63) is 53.7 Å². The van der Waals surface area contributed by atoms with Crippen LogP contribution < -0.4 is 0 Å². The molecular formula is C15H11N3S2. The lowest BCUT2D eigenvalue weighted by Gasteiger charge is -2.00. The zero-order chi connectivity index (χ0) is 13.4. The first kappa shape index (κ1) is 11.9. The molecule has 0 bridgehead atoms. The smallest absolute Gasteiger partial charge is 0.166 e. The van der Waals surface area contributed by atoms with E-state index in [-0.39, 0.29) is 0 Å². The molecule has 20 heavy (non-hydrogen) atoms. The second-order valence-electron chi connectivity index (χ2n) is 4.44. The van der Waals surface area contributed by atoms with Gasteiger partial charge >= 0.3 is 0 Å². The molecule has 3 nitrogen and oxygen atoms in total. The molecule has 4 rings (SSSR count). The number of aromatic amines is 1. The molecule has 5 heteroatoms. The van der Waals surface area contributed by atoms with Crippen LogP contribution in [-0.2, 0) is 5.75 Å². The van der Waals surface area contributed by atoms with Gasteiger partial charge in [-0.25, -0.2) is 4.98 Å². The summed E-state index contributed by atoms with van der Waals surface area (Å²) in [5, 5.41) is 4.31. The van der Waals surface area contributed by atoms with E-state index < -0.39 is 0 Å². The van der Waals surface area contributed by atoms with Crippen LogP contribution in [0.3, 0.4) is 0 Å². The third kappa shape index (κ3) is 2.09. The molecule has 3 heterocycles. The lowest BCUT2D eigenvalue weighted by atomic mass is 10.3. The number of hydrogen-bond acceptors (Lipinski definition) is 4. The standard InChI is InChI=1S/C15H11N3S2/c1-2-4-12-11(3-1)17-15(18-12)20-9-13-10-6-8-19-14(10)5-7-16-13/h1-8H,9H2,(H,17,18). The molecule has 0 unspecified atom stereocenters. The van der Waals surface area contributed by atoms with Gasteiger partial charge < -0.3 is 4.98 Å². The van der Waals surface area contributed by atoms with Crippen molar-refractivity contribution >= 4 is 44.2 Å². The summed E-state index contributed by atoms with van der Waals surface area (Å²) >= 11 is 3.45. The molecule has 1 aromatic carbocycles. The Balaban J connectivity index is 1.62. The number of benzene rings is 1. The molecule has 98 valence electrons. The lowest BCUT2D eigenvalue weighted by molar-refractivity contribution is 1.07.